The molecule has 3 unspecified atom stereocenters. The van der Waals surface area contributed by atoms with Gasteiger partial charge in [0, 0.05) is 13.0 Å². The van der Waals surface area contributed by atoms with Crippen LogP contribution in [0.25, 0.3) is 0 Å². The Balaban J connectivity index is 4.29. The van der Waals surface area contributed by atoms with Crippen molar-refractivity contribution in [3.63, 3.8) is 0 Å². The van der Waals surface area contributed by atoms with Crippen LogP contribution in [-0.4, -0.2) is 60.5 Å². The van der Waals surface area contributed by atoms with Gasteiger partial charge in [-0.15, -0.1) is 0 Å². The maximum Gasteiger partial charge on any atom is 0.472 e. The Morgan fingerprint density at radius 1 is 0.651 bits per heavy atom. The number of ether oxygens (including phenoxy) is 2. The Kier molecular flexibility index (Phi) is 29.0. The summed E-state index contributed by atoms with van der Waals surface area (Å²) in [4.78, 5) is 33.1. The number of esters is 1. The number of phosphoric ester groups is 1. The molecule has 0 rings (SSSR count). The molecule has 0 aliphatic heterocycles. The first-order valence-corrected chi connectivity index (χ1v) is 18.6. The van der Waals surface area contributed by atoms with Gasteiger partial charge in [-0.1, -0.05) is 136 Å². The van der Waals surface area contributed by atoms with Crippen molar-refractivity contribution in [3.8, 4) is 0 Å². The van der Waals surface area contributed by atoms with Crippen LogP contribution in [0, 0.1) is 0 Å². The van der Waals surface area contributed by atoms with Crippen molar-refractivity contribution < 1.29 is 42.7 Å². The number of nitrogens with two attached hydrogens (primary N) is 1. The number of carboxylic acid groups (broad SMARTS) is 1. The van der Waals surface area contributed by atoms with Crippen LogP contribution in [0.1, 0.15) is 155 Å². The van der Waals surface area contributed by atoms with Gasteiger partial charge in [0.15, 0.2) is 0 Å². The second kappa shape index (κ2) is 29.7. The third-order valence-electron chi connectivity index (χ3n) is 7.39. The molecule has 10 nitrogen and oxygen atoms in total. The van der Waals surface area contributed by atoms with Gasteiger partial charge in [-0.25, -0.2) is 4.57 Å². The Bertz CT molecular complexity index is 710. The molecule has 0 spiro atoms. The van der Waals surface area contributed by atoms with Crippen molar-refractivity contribution in [3.05, 3.63) is 0 Å². The van der Waals surface area contributed by atoms with Gasteiger partial charge in [0.1, 0.15) is 12.1 Å². The number of carboxylic acids is 1. The number of hydrogen-bond donors (Lipinski definition) is 3. The van der Waals surface area contributed by atoms with E-state index in [4.69, 9.17) is 24.8 Å². The molecule has 4 N–H and O–H groups in total. The van der Waals surface area contributed by atoms with Crippen molar-refractivity contribution in [1.82, 2.24) is 0 Å². The van der Waals surface area contributed by atoms with E-state index in [1.165, 1.54) is 89.9 Å². The number of rotatable bonds is 33. The van der Waals surface area contributed by atoms with Gasteiger partial charge >= 0.3 is 19.8 Å². The molecule has 0 aromatic carbocycles. The average Bonchev–Trinajstić information content (AvgIpc) is 2.97. The minimum Gasteiger partial charge on any atom is -0.480 e. The van der Waals surface area contributed by atoms with Gasteiger partial charge in [0.25, 0.3) is 0 Å². The molecule has 256 valence electrons. The quantitative estimate of drug-likeness (QED) is 0.0365. The van der Waals surface area contributed by atoms with Gasteiger partial charge < -0.3 is 25.2 Å². The molecule has 0 bridgehead atoms. The van der Waals surface area contributed by atoms with Crippen molar-refractivity contribution >= 4 is 19.8 Å². The van der Waals surface area contributed by atoms with Crippen LogP contribution in [0.3, 0.4) is 0 Å². The smallest absolute Gasteiger partial charge is 0.472 e. The lowest BCUT2D eigenvalue weighted by molar-refractivity contribution is -0.154. The summed E-state index contributed by atoms with van der Waals surface area (Å²) in [6.07, 6.45) is 24.5. The predicted molar refractivity (Wildman–Crippen MR) is 171 cm³/mol. The first-order chi connectivity index (χ1) is 20.7. The topological polar surface area (TPSA) is 155 Å². The number of hydrogen-bond acceptors (Lipinski definition) is 8. The van der Waals surface area contributed by atoms with E-state index in [0.29, 0.717) is 13.0 Å². The molecule has 0 heterocycles. The lowest BCUT2D eigenvalue weighted by Gasteiger charge is -2.20. The molecule has 0 radical (unpaired) electrons. The maximum atomic E-state index is 12.4. The van der Waals surface area contributed by atoms with Crippen LogP contribution in [0.5, 0.6) is 0 Å². The summed E-state index contributed by atoms with van der Waals surface area (Å²) >= 11 is 0. The van der Waals surface area contributed by atoms with Crippen molar-refractivity contribution in [2.75, 3.05) is 26.4 Å². The summed E-state index contributed by atoms with van der Waals surface area (Å²) in [6, 6.07) is -1.46. The number of unbranched alkanes of at least 4 members (excludes halogenated alkanes) is 19. The highest BCUT2D eigenvalue weighted by Crippen LogP contribution is 2.43. The van der Waals surface area contributed by atoms with Crippen LogP contribution in [-0.2, 0) is 32.7 Å². The first kappa shape index (κ1) is 42.0. The number of aliphatic carboxylic acids is 1. The van der Waals surface area contributed by atoms with Gasteiger partial charge in [0.2, 0.25) is 0 Å². The highest BCUT2D eigenvalue weighted by Gasteiger charge is 2.27. The summed E-state index contributed by atoms with van der Waals surface area (Å²) in [5.41, 5.74) is 5.31. The van der Waals surface area contributed by atoms with E-state index in [0.717, 1.165) is 38.5 Å². The fourth-order valence-electron chi connectivity index (χ4n) is 4.66. The second-order valence-corrected chi connectivity index (χ2v) is 13.1. The molecule has 0 aliphatic carbocycles. The molecule has 0 saturated carbocycles. The molecule has 11 heteroatoms. The minimum atomic E-state index is -4.59. The predicted octanol–water partition coefficient (Wildman–Crippen LogP) is 8.08. The molecule has 3 atom stereocenters. The first-order valence-electron chi connectivity index (χ1n) is 17.1. The zero-order valence-corrected chi connectivity index (χ0v) is 28.2. The highest BCUT2D eigenvalue weighted by molar-refractivity contribution is 7.47. The molecular weight excluding hydrogens is 573 g/mol. The Labute approximate surface area is 261 Å². The van der Waals surface area contributed by atoms with E-state index in [9.17, 15) is 19.0 Å². The van der Waals surface area contributed by atoms with E-state index in [2.05, 4.69) is 18.4 Å². The molecule has 0 aromatic rings. The van der Waals surface area contributed by atoms with Crippen molar-refractivity contribution in [2.24, 2.45) is 5.73 Å². The van der Waals surface area contributed by atoms with Crippen molar-refractivity contribution in [1.29, 1.82) is 0 Å². The summed E-state index contributed by atoms with van der Waals surface area (Å²) in [5, 5.41) is 8.82. The Morgan fingerprint density at radius 2 is 1.07 bits per heavy atom. The monoisotopic (exact) mass is 637 g/mol. The summed E-state index contributed by atoms with van der Waals surface area (Å²) in [5.74, 6) is -1.78. The molecule has 0 saturated heterocycles. The Hall–Kier alpha value is -1.03. The fourth-order valence-corrected chi connectivity index (χ4v) is 5.44. The minimum absolute atomic E-state index is 0.0239. The zero-order valence-electron chi connectivity index (χ0n) is 27.3. The van der Waals surface area contributed by atoms with E-state index >= 15 is 0 Å². The number of carbonyl (C=O) groups is 2. The van der Waals surface area contributed by atoms with Gasteiger partial charge in [-0.3, -0.25) is 18.6 Å². The lowest BCUT2D eigenvalue weighted by Crippen LogP contribution is -2.34. The standard InChI is InChI=1S/C32H64NO9P/c1-3-5-7-9-11-13-14-15-16-17-19-21-23-25-39-26-29(27-40-43(37,38)41-28-30(33)32(35)36)42-31(34)24-22-20-18-12-10-8-6-4-2/h29-30H,3-28,33H2,1-2H3,(H,35,36)(H,37,38). The summed E-state index contributed by atoms with van der Waals surface area (Å²) < 4.78 is 33.0. The molecule has 0 amide bonds. The molecule has 0 aliphatic rings. The molecule has 43 heavy (non-hydrogen) atoms. The third kappa shape index (κ3) is 29.4. The molecular formula is C32H64NO9P. The highest BCUT2D eigenvalue weighted by atomic mass is 31.2. The number of phosphoric acid groups is 1. The Morgan fingerprint density at radius 3 is 1.53 bits per heavy atom. The average molecular weight is 638 g/mol. The lowest BCUT2D eigenvalue weighted by atomic mass is 10.0. The second-order valence-electron chi connectivity index (χ2n) is 11.7. The number of carbonyl (C=O) groups excluding carboxylic acids is 1. The van der Waals surface area contributed by atoms with E-state index < -0.39 is 45.1 Å². The largest absolute Gasteiger partial charge is 0.480 e. The van der Waals surface area contributed by atoms with Crippen LogP contribution in [0.2, 0.25) is 0 Å². The molecule has 0 fully saturated rings. The summed E-state index contributed by atoms with van der Waals surface area (Å²) in [6.45, 7) is 3.84. The van der Waals surface area contributed by atoms with E-state index in [-0.39, 0.29) is 13.0 Å². The van der Waals surface area contributed by atoms with Gasteiger partial charge in [0.05, 0.1) is 19.8 Å². The van der Waals surface area contributed by atoms with Crippen LogP contribution < -0.4 is 5.73 Å². The normalized spacial score (nSPS) is 14.3. The third-order valence-corrected chi connectivity index (χ3v) is 8.34. The zero-order chi connectivity index (χ0) is 32.0. The van der Waals surface area contributed by atoms with Crippen molar-refractivity contribution in [2.45, 2.75) is 167 Å². The van der Waals surface area contributed by atoms with E-state index in [1.54, 1.807) is 0 Å². The van der Waals surface area contributed by atoms with Gasteiger partial charge in [-0.05, 0) is 12.8 Å². The van der Waals surface area contributed by atoms with Crippen LogP contribution in [0.4, 0.5) is 0 Å². The van der Waals surface area contributed by atoms with Crippen LogP contribution in [0.15, 0.2) is 0 Å². The SMILES string of the molecule is CCCCCCCCCCCCCCCOCC(COP(=O)(O)OCC(N)C(=O)O)OC(=O)CCCCCCCCCC. The van der Waals surface area contributed by atoms with Gasteiger partial charge in [-0.2, -0.15) is 0 Å². The maximum absolute atomic E-state index is 12.4. The molecule has 0 aromatic heterocycles. The van der Waals surface area contributed by atoms with E-state index in [1.807, 2.05) is 0 Å². The fraction of sp³-hybridized carbons (Fsp3) is 0.938. The summed E-state index contributed by atoms with van der Waals surface area (Å²) in [7, 11) is -4.59. The van der Waals surface area contributed by atoms with Crippen LogP contribution >= 0.6 is 7.82 Å².